The maximum atomic E-state index is 14.2. The fraction of sp³-hybridized carbons (Fsp3) is 0.522. The van der Waals surface area contributed by atoms with Gasteiger partial charge in [-0.3, -0.25) is 4.90 Å². The number of halogens is 6. The summed E-state index contributed by atoms with van der Waals surface area (Å²) in [6, 6.07) is 3.76. The molecule has 0 radical (unpaired) electrons. The number of fused-ring (bicyclic) bond motifs is 1. The van der Waals surface area contributed by atoms with E-state index >= 15 is 0 Å². The van der Waals surface area contributed by atoms with Crippen LogP contribution in [0.4, 0.5) is 27.8 Å². The summed E-state index contributed by atoms with van der Waals surface area (Å²) >= 11 is 6.19. The lowest BCUT2D eigenvalue weighted by Gasteiger charge is -2.44. The normalized spacial score (nSPS) is 23.6. The van der Waals surface area contributed by atoms with Gasteiger partial charge in [-0.2, -0.15) is 23.1 Å². The minimum Gasteiger partial charge on any atom is -0.349 e. The smallest absolute Gasteiger partial charge is 0.349 e. The Hall–Kier alpha value is -2.53. The second kappa shape index (κ2) is 8.26. The number of hydrogen-bond donors (Lipinski definition) is 0. The van der Waals surface area contributed by atoms with E-state index in [0.717, 1.165) is 18.0 Å². The standard InChI is InChI=1S/C23H24ClF5N6/c1-12-11-34(8-9-35(12)20-17-19(31-21(24)32-20)33(3)13(2)30-17)18(16-10-22(16,25)26)14-4-6-15(7-5-14)23(27,28)29/h4-7,12,16,18H,8-11H2,1-3H3. The van der Waals surface area contributed by atoms with E-state index in [0.29, 0.717) is 42.2 Å². The van der Waals surface area contributed by atoms with E-state index < -0.39 is 29.6 Å². The molecule has 1 saturated heterocycles. The van der Waals surface area contributed by atoms with Crippen molar-refractivity contribution in [3.05, 3.63) is 46.5 Å². The van der Waals surface area contributed by atoms with Crippen LogP contribution in [0.5, 0.6) is 0 Å². The SMILES string of the molecule is Cc1nc2c(N3CCN(C(c4ccc(C(F)(F)F)cc4)C4CC4(F)F)CC3C)nc(Cl)nc2n1C. The number of alkyl halides is 5. The first-order valence-corrected chi connectivity index (χ1v) is 11.7. The molecule has 1 aliphatic heterocycles. The lowest BCUT2D eigenvalue weighted by Crippen LogP contribution is -2.53. The Morgan fingerprint density at radius 1 is 1.09 bits per heavy atom. The van der Waals surface area contributed by atoms with E-state index in [1.807, 2.05) is 35.3 Å². The molecular weight excluding hydrogens is 491 g/mol. The van der Waals surface area contributed by atoms with Gasteiger partial charge in [0.2, 0.25) is 5.28 Å². The Balaban J connectivity index is 1.43. The molecule has 12 heteroatoms. The molecule has 1 aromatic carbocycles. The highest BCUT2D eigenvalue weighted by Gasteiger charge is 2.62. The van der Waals surface area contributed by atoms with Crippen molar-refractivity contribution in [2.45, 2.75) is 44.5 Å². The fourth-order valence-corrected chi connectivity index (χ4v) is 5.19. The van der Waals surface area contributed by atoms with Crippen molar-refractivity contribution in [3.63, 3.8) is 0 Å². The fourth-order valence-electron chi connectivity index (χ4n) is 5.03. The first-order valence-electron chi connectivity index (χ1n) is 11.3. The van der Waals surface area contributed by atoms with E-state index in [1.165, 1.54) is 12.1 Å². The van der Waals surface area contributed by atoms with Gasteiger partial charge >= 0.3 is 6.18 Å². The Labute approximate surface area is 203 Å². The number of hydrogen-bond acceptors (Lipinski definition) is 5. The van der Waals surface area contributed by atoms with E-state index in [-0.39, 0.29) is 17.7 Å². The largest absolute Gasteiger partial charge is 0.416 e. The van der Waals surface area contributed by atoms with E-state index in [2.05, 4.69) is 15.0 Å². The van der Waals surface area contributed by atoms with Crippen molar-refractivity contribution < 1.29 is 22.0 Å². The number of aryl methyl sites for hydroxylation is 2. The predicted molar refractivity (Wildman–Crippen MR) is 122 cm³/mol. The van der Waals surface area contributed by atoms with Gasteiger partial charge in [-0.1, -0.05) is 12.1 Å². The third-order valence-corrected chi connectivity index (χ3v) is 7.23. The summed E-state index contributed by atoms with van der Waals surface area (Å²) in [6.45, 7) is 5.13. The Morgan fingerprint density at radius 2 is 1.74 bits per heavy atom. The number of anilines is 1. The summed E-state index contributed by atoms with van der Waals surface area (Å²) in [6.07, 6.45) is -4.76. The number of nitrogens with zero attached hydrogens (tertiary/aromatic N) is 6. The zero-order valence-electron chi connectivity index (χ0n) is 19.3. The van der Waals surface area contributed by atoms with Crippen LogP contribution in [0.15, 0.2) is 24.3 Å². The molecule has 3 aromatic rings. The summed E-state index contributed by atoms with van der Waals surface area (Å²) in [4.78, 5) is 17.3. The van der Waals surface area contributed by atoms with Crippen LogP contribution in [0.2, 0.25) is 5.28 Å². The summed E-state index contributed by atoms with van der Waals surface area (Å²) in [5.74, 6) is -2.43. The lowest BCUT2D eigenvalue weighted by molar-refractivity contribution is -0.137. The van der Waals surface area contributed by atoms with Crippen LogP contribution < -0.4 is 4.90 Å². The van der Waals surface area contributed by atoms with Crippen LogP contribution in [-0.4, -0.2) is 56.0 Å². The minimum absolute atomic E-state index is 0.0883. The molecule has 3 atom stereocenters. The van der Waals surface area contributed by atoms with E-state index in [4.69, 9.17) is 11.6 Å². The average Bonchev–Trinajstić information content (AvgIpc) is 3.30. The van der Waals surface area contributed by atoms with E-state index in [9.17, 15) is 22.0 Å². The summed E-state index contributed by atoms with van der Waals surface area (Å²) in [5.41, 5.74) is 0.889. The number of piperazine rings is 1. The van der Waals surface area contributed by atoms with Crippen LogP contribution in [0.1, 0.15) is 36.3 Å². The molecule has 2 aliphatic rings. The molecule has 0 bridgehead atoms. The molecule has 1 saturated carbocycles. The molecule has 0 spiro atoms. The van der Waals surface area contributed by atoms with Gasteiger partial charge in [0, 0.05) is 51.1 Å². The Morgan fingerprint density at radius 3 is 2.31 bits per heavy atom. The zero-order valence-corrected chi connectivity index (χ0v) is 20.1. The first-order chi connectivity index (χ1) is 16.4. The van der Waals surface area contributed by atoms with Crippen molar-refractivity contribution in [1.29, 1.82) is 0 Å². The molecular formula is C23H24ClF5N6. The topological polar surface area (TPSA) is 50.1 Å². The second-order valence-corrected chi connectivity index (χ2v) is 9.72. The number of imidazole rings is 1. The molecule has 2 fully saturated rings. The molecule has 6 nitrogen and oxygen atoms in total. The number of aromatic nitrogens is 4. The van der Waals surface area contributed by atoms with Crippen molar-refractivity contribution >= 4 is 28.6 Å². The maximum absolute atomic E-state index is 14.2. The Kier molecular flexibility index (Phi) is 5.71. The van der Waals surface area contributed by atoms with Gasteiger partial charge in [-0.15, -0.1) is 0 Å². The van der Waals surface area contributed by atoms with Crippen LogP contribution in [0.3, 0.4) is 0 Å². The molecule has 188 valence electrons. The first kappa shape index (κ1) is 24.2. The third-order valence-electron chi connectivity index (χ3n) is 7.06. The molecule has 0 N–H and O–H groups in total. The number of benzene rings is 1. The highest BCUT2D eigenvalue weighted by Crippen LogP contribution is 2.57. The summed E-state index contributed by atoms with van der Waals surface area (Å²) in [5, 5.41) is 0.0883. The molecule has 1 aliphatic carbocycles. The molecule has 0 amide bonds. The zero-order chi connectivity index (χ0) is 25.3. The van der Waals surface area contributed by atoms with Gasteiger partial charge in [0.05, 0.1) is 5.56 Å². The summed E-state index contributed by atoms with van der Waals surface area (Å²) in [7, 11) is 1.84. The average molecular weight is 515 g/mol. The van der Waals surface area contributed by atoms with Gasteiger partial charge in [-0.25, -0.2) is 13.8 Å². The molecule has 5 rings (SSSR count). The van der Waals surface area contributed by atoms with Crippen molar-refractivity contribution in [2.24, 2.45) is 13.0 Å². The van der Waals surface area contributed by atoms with Gasteiger partial charge in [0.15, 0.2) is 17.0 Å². The quantitative estimate of drug-likeness (QED) is 0.351. The molecule has 2 aromatic heterocycles. The minimum atomic E-state index is -4.48. The van der Waals surface area contributed by atoms with Crippen LogP contribution in [0, 0.1) is 12.8 Å². The molecule has 3 unspecified atom stereocenters. The van der Waals surface area contributed by atoms with Gasteiger partial charge in [0.1, 0.15) is 5.82 Å². The lowest BCUT2D eigenvalue weighted by atomic mass is 9.97. The van der Waals surface area contributed by atoms with Crippen LogP contribution in [0.25, 0.3) is 11.2 Å². The molecule has 3 heterocycles. The second-order valence-electron chi connectivity index (χ2n) is 9.38. The van der Waals surface area contributed by atoms with Crippen molar-refractivity contribution in [2.75, 3.05) is 24.5 Å². The highest BCUT2D eigenvalue weighted by atomic mass is 35.5. The van der Waals surface area contributed by atoms with Crippen LogP contribution >= 0.6 is 11.6 Å². The van der Waals surface area contributed by atoms with Gasteiger partial charge < -0.3 is 9.47 Å². The van der Waals surface area contributed by atoms with Crippen molar-refractivity contribution in [3.8, 4) is 0 Å². The van der Waals surface area contributed by atoms with Gasteiger partial charge in [0.25, 0.3) is 5.92 Å². The predicted octanol–water partition coefficient (Wildman–Crippen LogP) is 5.25. The molecule has 35 heavy (non-hydrogen) atoms. The van der Waals surface area contributed by atoms with Crippen molar-refractivity contribution in [1.82, 2.24) is 24.4 Å². The van der Waals surface area contributed by atoms with Crippen LogP contribution in [-0.2, 0) is 13.2 Å². The summed E-state index contributed by atoms with van der Waals surface area (Å²) < 4.78 is 69.3. The van der Waals surface area contributed by atoms with Gasteiger partial charge in [-0.05, 0) is 43.1 Å². The Bertz CT molecular complexity index is 1260. The monoisotopic (exact) mass is 514 g/mol. The highest BCUT2D eigenvalue weighted by molar-refractivity contribution is 6.28. The van der Waals surface area contributed by atoms with E-state index in [1.54, 1.807) is 0 Å². The number of rotatable bonds is 4. The third kappa shape index (κ3) is 4.33. The maximum Gasteiger partial charge on any atom is 0.416 e.